The van der Waals surface area contributed by atoms with Crippen LogP contribution in [0.1, 0.15) is 31.9 Å². The van der Waals surface area contributed by atoms with Gasteiger partial charge in [0.25, 0.3) is 0 Å². The molecule has 0 aromatic heterocycles. The highest BCUT2D eigenvalue weighted by atomic mass is 16.2. The first-order valence-electron chi connectivity index (χ1n) is 8.17. The fraction of sp³-hybridized carbons (Fsp3) is 0.350. The van der Waals surface area contributed by atoms with Crippen LogP contribution in [0.25, 0.3) is 0 Å². The summed E-state index contributed by atoms with van der Waals surface area (Å²) in [5, 5.41) is 3.02. The highest BCUT2D eigenvalue weighted by molar-refractivity contribution is 5.83. The van der Waals surface area contributed by atoms with E-state index in [0.29, 0.717) is 19.1 Å². The number of para-hydroxylation sites is 1. The van der Waals surface area contributed by atoms with Crippen molar-refractivity contribution < 1.29 is 4.79 Å². The Bertz CT molecular complexity index is 694. The smallest absolute Gasteiger partial charge is 0.239 e. The molecule has 0 fully saturated rings. The zero-order valence-electron chi connectivity index (χ0n) is 14.0. The molecular formula is C20H24N2O. The summed E-state index contributed by atoms with van der Waals surface area (Å²) < 4.78 is 0. The maximum atomic E-state index is 12.4. The number of anilines is 1. The Morgan fingerprint density at radius 3 is 2.48 bits per heavy atom. The Labute approximate surface area is 138 Å². The summed E-state index contributed by atoms with van der Waals surface area (Å²) in [5.41, 5.74) is 3.68. The van der Waals surface area contributed by atoms with Crippen LogP contribution in [-0.2, 0) is 16.8 Å². The zero-order valence-corrected chi connectivity index (χ0v) is 14.0. The number of carbonyl (C=O) groups is 1. The minimum absolute atomic E-state index is 0.0519. The van der Waals surface area contributed by atoms with Gasteiger partial charge in [-0.3, -0.25) is 4.79 Å². The Kier molecular flexibility index (Phi) is 4.12. The van der Waals surface area contributed by atoms with Crippen LogP contribution in [0.15, 0.2) is 54.6 Å². The fourth-order valence-corrected chi connectivity index (χ4v) is 3.32. The van der Waals surface area contributed by atoms with E-state index in [2.05, 4.69) is 49.2 Å². The average Bonchev–Trinajstić information content (AvgIpc) is 2.75. The van der Waals surface area contributed by atoms with Gasteiger partial charge in [-0.2, -0.15) is 0 Å². The molecule has 1 atom stereocenters. The molecular weight excluding hydrogens is 284 g/mol. The summed E-state index contributed by atoms with van der Waals surface area (Å²) in [5.74, 6) is 0.0632. The lowest BCUT2D eigenvalue weighted by molar-refractivity contribution is -0.120. The van der Waals surface area contributed by atoms with E-state index in [-0.39, 0.29) is 11.3 Å². The minimum Gasteiger partial charge on any atom is -0.358 e. The highest BCUT2D eigenvalue weighted by Crippen LogP contribution is 2.44. The minimum atomic E-state index is 0.0519. The zero-order chi connectivity index (χ0) is 16.4. The van der Waals surface area contributed by atoms with Gasteiger partial charge >= 0.3 is 0 Å². The van der Waals surface area contributed by atoms with Gasteiger partial charge in [-0.1, -0.05) is 62.4 Å². The second kappa shape index (κ2) is 6.07. The normalized spacial score (nSPS) is 18.6. The topological polar surface area (TPSA) is 32.3 Å². The molecule has 2 aromatic rings. The van der Waals surface area contributed by atoms with Crippen molar-refractivity contribution in [3.05, 3.63) is 65.7 Å². The van der Waals surface area contributed by atoms with Crippen LogP contribution in [0.3, 0.4) is 0 Å². The first-order chi connectivity index (χ1) is 11.0. The first kappa shape index (κ1) is 15.6. The molecule has 3 nitrogen and oxygen atoms in total. The molecule has 0 spiro atoms. The van der Waals surface area contributed by atoms with Gasteiger partial charge in [-0.25, -0.2) is 0 Å². The van der Waals surface area contributed by atoms with Crippen molar-refractivity contribution in [1.82, 2.24) is 5.32 Å². The Morgan fingerprint density at radius 1 is 1.09 bits per heavy atom. The molecule has 1 aliphatic rings. The second-order valence-electron chi connectivity index (χ2n) is 6.81. The summed E-state index contributed by atoms with van der Waals surface area (Å²) in [4.78, 5) is 14.6. The number of nitrogens with zero attached hydrogens (tertiary/aromatic N) is 1. The maximum absolute atomic E-state index is 12.4. The molecule has 3 heteroatoms. The molecule has 0 aliphatic carbocycles. The quantitative estimate of drug-likeness (QED) is 0.938. The SMILES string of the molecule is C[C@H]1N(CC(=O)NCc2ccccc2)c2ccccc2C1(C)C. The van der Waals surface area contributed by atoms with Crippen LogP contribution < -0.4 is 10.2 Å². The van der Waals surface area contributed by atoms with E-state index in [9.17, 15) is 4.79 Å². The van der Waals surface area contributed by atoms with Crippen LogP contribution in [-0.4, -0.2) is 18.5 Å². The lowest BCUT2D eigenvalue weighted by Gasteiger charge is -2.31. The molecule has 0 unspecified atom stereocenters. The number of carbonyl (C=O) groups excluding carboxylic acids is 1. The van der Waals surface area contributed by atoms with Gasteiger partial charge in [0.15, 0.2) is 0 Å². The fourth-order valence-electron chi connectivity index (χ4n) is 3.32. The third-order valence-corrected chi connectivity index (χ3v) is 5.07. The van der Waals surface area contributed by atoms with Crippen LogP contribution in [0.5, 0.6) is 0 Å². The molecule has 2 aromatic carbocycles. The van der Waals surface area contributed by atoms with Gasteiger partial charge in [0.05, 0.1) is 6.54 Å². The van der Waals surface area contributed by atoms with Gasteiger partial charge in [0.1, 0.15) is 0 Å². The number of fused-ring (bicyclic) bond motifs is 1. The molecule has 0 saturated carbocycles. The molecule has 1 heterocycles. The molecule has 1 aliphatic heterocycles. The van der Waals surface area contributed by atoms with Crippen molar-refractivity contribution >= 4 is 11.6 Å². The predicted octanol–water partition coefficient (Wildman–Crippen LogP) is 3.49. The Morgan fingerprint density at radius 2 is 1.74 bits per heavy atom. The molecule has 120 valence electrons. The van der Waals surface area contributed by atoms with E-state index in [1.54, 1.807) is 0 Å². The third-order valence-electron chi connectivity index (χ3n) is 5.07. The van der Waals surface area contributed by atoms with Gasteiger partial charge in [-0.05, 0) is 24.1 Å². The average molecular weight is 308 g/mol. The number of benzene rings is 2. The molecule has 3 rings (SSSR count). The molecule has 0 radical (unpaired) electrons. The number of nitrogens with one attached hydrogen (secondary N) is 1. The molecule has 1 N–H and O–H groups in total. The summed E-state index contributed by atoms with van der Waals surface area (Å²) in [6.45, 7) is 7.67. The van der Waals surface area contributed by atoms with Crippen LogP contribution in [0, 0.1) is 0 Å². The number of hydrogen-bond donors (Lipinski definition) is 1. The standard InChI is InChI=1S/C20H24N2O/c1-15-20(2,3)17-11-7-8-12-18(17)22(15)14-19(23)21-13-16-9-5-4-6-10-16/h4-12,15H,13-14H2,1-3H3,(H,21,23)/t15-/m1/s1. The van der Waals surface area contributed by atoms with Crippen molar-refractivity contribution in [1.29, 1.82) is 0 Å². The lowest BCUT2D eigenvalue weighted by Crippen LogP contribution is -2.44. The van der Waals surface area contributed by atoms with E-state index in [1.807, 2.05) is 36.4 Å². The van der Waals surface area contributed by atoms with Crippen molar-refractivity contribution in [3.8, 4) is 0 Å². The first-order valence-corrected chi connectivity index (χ1v) is 8.17. The summed E-state index contributed by atoms with van der Waals surface area (Å²) in [6.07, 6.45) is 0. The van der Waals surface area contributed by atoms with Crippen LogP contribution in [0.2, 0.25) is 0 Å². The number of amides is 1. The second-order valence-corrected chi connectivity index (χ2v) is 6.81. The Hall–Kier alpha value is -2.29. The molecule has 1 amide bonds. The van der Waals surface area contributed by atoms with Gasteiger partial charge in [0, 0.05) is 23.7 Å². The monoisotopic (exact) mass is 308 g/mol. The van der Waals surface area contributed by atoms with Gasteiger partial charge < -0.3 is 10.2 Å². The van der Waals surface area contributed by atoms with Crippen molar-refractivity contribution in [2.24, 2.45) is 0 Å². The van der Waals surface area contributed by atoms with E-state index in [4.69, 9.17) is 0 Å². The van der Waals surface area contributed by atoms with Crippen LogP contribution >= 0.6 is 0 Å². The molecule has 23 heavy (non-hydrogen) atoms. The maximum Gasteiger partial charge on any atom is 0.239 e. The predicted molar refractivity (Wildman–Crippen MR) is 94.6 cm³/mol. The largest absolute Gasteiger partial charge is 0.358 e. The van der Waals surface area contributed by atoms with E-state index in [0.717, 1.165) is 5.56 Å². The molecule has 0 bridgehead atoms. The lowest BCUT2D eigenvalue weighted by atomic mass is 9.81. The van der Waals surface area contributed by atoms with Crippen LogP contribution in [0.4, 0.5) is 5.69 Å². The summed E-state index contributed by atoms with van der Waals surface area (Å²) in [6, 6.07) is 18.7. The van der Waals surface area contributed by atoms with E-state index < -0.39 is 0 Å². The molecule has 0 saturated heterocycles. The Balaban J connectivity index is 1.69. The number of rotatable bonds is 4. The van der Waals surface area contributed by atoms with E-state index in [1.165, 1.54) is 11.3 Å². The highest BCUT2D eigenvalue weighted by Gasteiger charge is 2.41. The van der Waals surface area contributed by atoms with E-state index >= 15 is 0 Å². The van der Waals surface area contributed by atoms with Crippen molar-refractivity contribution in [2.45, 2.75) is 38.8 Å². The number of hydrogen-bond acceptors (Lipinski definition) is 2. The third kappa shape index (κ3) is 2.96. The van der Waals surface area contributed by atoms with Crippen molar-refractivity contribution in [2.75, 3.05) is 11.4 Å². The summed E-state index contributed by atoms with van der Waals surface area (Å²) >= 11 is 0. The van der Waals surface area contributed by atoms with Gasteiger partial charge in [-0.15, -0.1) is 0 Å². The van der Waals surface area contributed by atoms with Gasteiger partial charge in [0.2, 0.25) is 5.91 Å². The summed E-state index contributed by atoms with van der Waals surface area (Å²) in [7, 11) is 0. The van der Waals surface area contributed by atoms with Crippen molar-refractivity contribution in [3.63, 3.8) is 0 Å².